The van der Waals surface area contributed by atoms with Crippen LogP contribution in [-0.4, -0.2) is 45.5 Å². The Labute approximate surface area is 316 Å². The van der Waals surface area contributed by atoms with Gasteiger partial charge >= 0.3 is 11.9 Å². The minimum Gasteiger partial charge on any atom is -0.478 e. The number of carbonyl (C=O) groups excluding carboxylic acids is 4. The van der Waals surface area contributed by atoms with E-state index in [9.17, 15) is 38.3 Å². The Morgan fingerprint density at radius 3 is 1.58 bits per heavy atom. The molecule has 2 unspecified atom stereocenters. The molecule has 2 amide bonds. The molecule has 274 valence electrons. The van der Waals surface area contributed by atoms with E-state index in [4.69, 9.17) is 5.11 Å². The summed E-state index contributed by atoms with van der Waals surface area (Å²) >= 11 is 1.59. The number of rotatable bonds is 6. The Bertz CT molecular complexity index is 2590. The number of thiophene rings is 2. The van der Waals surface area contributed by atoms with Crippen LogP contribution in [0.4, 0.5) is 23.2 Å². The highest BCUT2D eigenvalue weighted by Gasteiger charge is 2.55. The van der Waals surface area contributed by atoms with Crippen molar-refractivity contribution in [2.24, 2.45) is 0 Å². The van der Waals surface area contributed by atoms with Gasteiger partial charge in [0.25, 0.3) is 23.2 Å². The minimum absolute atomic E-state index is 0.0467. The molecule has 0 fully saturated rings. The van der Waals surface area contributed by atoms with Gasteiger partial charge in [0.15, 0.2) is 5.13 Å². The lowest BCUT2D eigenvalue weighted by Crippen LogP contribution is -2.47. The molecule has 6 aromatic rings. The van der Waals surface area contributed by atoms with Crippen LogP contribution in [0.3, 0.4) is 0 Å². The smallest absolute Gasteiger partial charge is 0.335 e. The summed E-state index contributed by atoms with van der Waals surface area (Å²) in [4.78, 5) is 73.4. The molecule has 0 aliphatic carbocycles. The predicted octanol–water partition coefficient (Wildman–Crippen LogP) is 8.37. The third-order valence-corrected chi connectivity index (χ3v) is 10.8. The summed E-state index contributed by atoms with van der Waals surface area (Å²) in [7, 11) is 0. The second-order valence-corrected chi connectivity index (χ2v) is 14.0. The fraction of sp³-hybridized carbons (Fsp3) is 0.0500. The van der Waals surface area contributed by atoms with Crippen LogP contribution in [0.25, 0.3) is 22.3 Å². The number of amides is 2. The number of aromatic carboxylic acids is 2. The minimum atomic E-state index is -3.01. The van der Waals surface area contributed by atoms with E-state index < -0.39 is 51.8 Å². The van der Waals surface area contributed by atoms with Crippen LogP contribution >= 0.6 is 22.7 Å². The number of alkyl halides is 2. The zero-order valence-electron chi connectivity index (χ0n) is 27.8. The highest BCUT2D eigenvalue weighted by atomic mass is 32.1. The number of Topliss-reactive ketones (excluding diaryl/α,β-unsaturated/α-hetero) is 2. The van der Waals surface area contributed by atoms with Crippen LogP contribution < -0.4 is 10.6 Å². The van der Waals surface area contributed by atoms with E-state index in [0.29, 0.717) is 22.5 Å². The van der Waals surface area contributed by atoms with Crippen molar-refractivity contribution >= 4 is 68.0 Å². The van der Waals surface area contributed by atoms with E-state index in [-0.39, 0.29) is 54.5 Å². The van der Waals surface area contributed by atoms with Gasteiger partial charge in [-0.2, -0.15) is 4.39 Å². The Hall–Kier alpha value is -6.71. The molecule has 15 heteroatoms. The summed E-state index contributed by atoms with van der Waals surface area (Å²) in [5.74, 6) is -6.69. The Kier molecular flexibility index (Phi) is 9.28. The second kappa shape index (κ2) is 13.9. The van der Waals surface area contributed by atoms with Crippen molar-refractivity contribution in [3.63, 3.8) is 0 Å². The van der Waals surface area contributed by atoms with Gasteiger partial charge in [-0.05, 0) is 35.4 Å². The van der Waals surface area contributed by atoms with Gasteiger partial charge < -0.3 is 20.8 Å². The van der Waals surface area contributed by atoms with E-state index in [0.717, 1.165) is 11.3 Å². The van der Waals surface area contributed by atoms with Gasteiger partial charge in [0.2, 0.25) is 11.6 Å². The molecule has 0 radical (unpaired) electrons. The van der Waals surface area contributed by atoms with Gasteiger partial charge in [-0.3, -0.25) is 19.2 Å². The lowest BCUT2D eigenvalue weighted by atomic mass is 9.83. The lowest BCUT2D eigenvalue weighted by Gasteiger charge is -2.28. The molecule has 0 saturated heterocycles. The van der Waals surface area contributed by atoms with Gasteiger partial charge in [-0.1, -0.05) is 96.3 Å². The van der Waals surface area contributed by atoms with Crippen LogP contribution in [0.1, 0.15) is 52.6 Å². The number of carboxylic acid groups (broad SMARTS) is 2. The molecule has 2 aromatic heterocycles. The van der Waals surface area contributed by atoms with Crippen molar-refractivity contribution in [2.45, 2.75) is 11.3 Å². The molecule has 8 rings (SSSR count). The number of nitrogens with one attached hydrogen (secondary N) is 2. The summed E-state index contributed by atoms with van der Waals surface area (Å²) in [6.45, 7) is 0. The molecule has 4 N–H and O–H groups in total. The number of carbonyl (C=O) groups is 6. The first-order chi connectivity index (χ1) is 26.3. The largest absolute Gasteiger partial charge is 0.478 e. The SMILES string of the molecule is O=C(O)c1cccc(-c2c(F)sc3c2C(=O)C(F)(c2ccccc2)C(=O)N3)c1.O=C(O)c1cccc(-c2csc3c2C(=O)C(F)(c2ccccc2)C(=O)N3)c1. The quantitative estimate of drug-likeness (QED) is 0.122. The van der Waals surface area contributed by atoms with Crippen LogP contribution in [0.5, 0.6) is 0 Å². The van der Waals surface area contributed by atoms with Gasteiger partial charge in [0, 0.05) is 27.6 Å². The fourth-order valence-corrected chi connectivity index (χ4v) is 8.17. The molecule has 0 saturated carbocycles. The number of hydrogen-bond donors (Lipinski definition) is 4. The number of fused-ring (bicyclic) bond motifs is 2. The molecule has 4 heterocycles. The maximum atomic E-state index is 15.7. The normalized spacial score (nSPS) is 18.6. The van der Waals surface area contributed by atoms with E-state index >= 15 is 8.78 Å². The Morgan fingerprint density at radius 1 is 0.582 bits per heavy atom. The third kappa shape index (κ3) is 6.08. The van der Waals surface area contributed by atoms with Crippen molar-refractivity contribution in [1.29, 1.82) is 0 Å². The van der Waals surface area contributed by atoms with Crippen LogP contribution in [0.2, 0.25) is 0 Å². The summed E-state index contributed by atoms with van der Waals surface area (Å²) in [5, 5.41) is 24.0. The molecule has 10 nitrogen and oxygen atoms in total. The van der Waals surface area contributed by atoms with E-state index in [1.807, 2.05) is 0 Å². The van der Waals surface area contributed by atoms with Gasteiger partial charge in [-0.15, -0.1) is 11.3 Å². The van der Waals surface area contributed by atoms with Gasteiger partial charge in [0.1, 0.15) is 10.0 Å². The van der Waals surface area contributed by atoms with Gasteiger partial charge in [-0.25, -0.2) is 18.4 Å². The third-order valence-electron chi connectivity index (χ3n) is 8.98. The first-order valence-corrected chi connectivity index (χ1v) is 17.8. The number of hydrogen-bond acceptors (Lipinski definition) is 8. The van der Waals surface area contributed by atoms with E-state index in [1.165, 1.54) is 72.8 Å². The molecule has 0 spiro atoms. The summed E-state index contributed by atoms with van der Waals surface area (Å²) in [5.41, 5.74) is -5.66. The maximum absolute atomic E-state index is 15.7. The lowest BCUT2D eigenvalue weighted by molar-refractivity contribution is -0.126. The number of ketones is 2. The van der Waals surface area contributed by atoms with Crippen LogP contribution in [0.15, 0.2) is 115 Å². The molecular formula is C40H23F3N2O8S2. The monoisotopic (exact) mass is 780 g/mol. The summed E-state index contributed by atoms with van der Waals surface area (Å²) in [6.07, 6.45) is 0. The number of carboxylic acids is 2. The number of benzene rings is 4. The zero-order valence-corrected chi connectivity index (χ0v) is 29.4. The first-order valence-electron chi connectivity index (χ1n) is 16.1. The summed E-state index contributed by atoms with van der Waals surface area (Å²) in [6, 6.07) is 26.1. The molecule has 55 heavy (non-hydrogen) atoms. The number of anilines is 2. The van der Waals surface area contributed by atoms with Crippen molar-refractivity contribution < 1.29 is 52.2 Å². The molecule has 2 atom stereocenters. The van der Waals surface area contributed by atoms with Crippen molar-refractivity contribution in [2.75, 3.05) is 10.6 Å². The average Bonchev–Trinajstić information content (AvgIpc) is 3.77. The molecule has 0 bridgehead atoms. The van der Waals surface area contributed by atoms with Crippen molar-refractivity contribution in [3.05, 3.63) is 153 Å². The van der Waals surface area contributed by atoms with Crippen LogP contribution in [0, 0.1) is 5.13 Å². The van der Waals surface area contributed by atoms with Gasteiger partial charge in [0.05, 0.1) is 22.3 Å². The molecule has 2 aliphatic heterocycles. The topological polar surface area (TPSA) is 167 Å². The van der Waals surface area contributed by atoms with Crippen molar-refractivity contribution in [1.82, 2.24) is 0 Å². The predicted molar refractivity (Wildman–Crippen MR) is 198 cm³/mol. The summed E-state index contributed by atoms with van der Waals surface area (Å²) < 4.78 is 46.1. The molecule has 4 aromatic carbocycles. The second-order valence-electron chi connectivity index (χ2n) is 12.2. The van der Waals surface area contributed by atoms with E-state index in [2.05, 4.69) is 10.6 Å². The van der Waals surface area contributed by atoms with E-state index in [1.54, 1.807) is 41.8 Å². The van der Waals surface area contributed by atoms with Crippen molar-refractivity contribution in [3.8, 4) is 22.3 Å². The Balaban J connectivity index is 0.000000169. The molecular weight excluding hydrogens is 758 g/mol. The Morgan fingerprint density at radius 2 is 1.05 bits per heavy atom. The highest BCUT2D eigenvalue weighted by molar-refractivity contribution is 7.16. The maximum Gasteiger partial charge on any atom is 0.335 e. The average molecular weight is 781 g/mol. The first kappa shape index (κ1) is 36.6. The standard InChI is InChI=1S/C20H11F2NO4S.C20H12FNO4S/c21-16-13(10-5-4-6-11(9-10)18(25)26)14-15(24)20(22,12-7-2-1-3-8-12)19(27)23-17(14)28-16;21-20(13-7-2-1-3-8-13)16(23)15-14(10-27-17(15)22-19(20)26)11-5-4-6-12(9-11)18(24)25/h1-9H,(H,23,27)(H,25,26);1-10H,(H,22,26)(H,24,25). The fourth-order valence-electron chi connectivity index (χ4n) is 6.27. The zero-order chi connectivity index (χ0) is 39.2. The van der Waals surface area contributed by atoms with Crippen LogP contribution in [-0.2, 0) is 20.9 Å². The highest BCUT2D eigenvalue weighted by Crippen LogP contribution is 2.48. The number of halogens is 3. The molecule has 2 aliphatic rings.